The number of nitrogens with one attached hydrogen (secondary N) is 3. The van der Waals surface area contributed by atoms with Gasteiger partial charge in [0, 0.05) is 6.04 Å². The third-order valence-corrected chi connectivity index (χ3v) is 5.05. The summed E-state index contributed by atoms with van der Waals surface area (Å²) in [7, 11) is -3.91. The van der Waals surface area contributed by atoms with E-state index in [2.05, 4.69) is 19.2 Å². The van der Waals surface area contributed by atoms with Crippen molar-refractivity contribution in [1.29, 1.82) is 0 Å². The quantitative estimate of drug-likeness (QED) is 0.526. The highest BCUT2D eigenvalue weighted by Crippen LogP contribution is 2.20. The Balaban J connectivity index is 1.95. The van der Waals surface area contributed by atoms with Crippen LogP contribution in [0, 0.1) is 0 Å². The van der Waals surface area contributed by atoms with Gasteiger partial charge in [0.2, 0.25) is 0 Å². The fourth-order valence-electron chi connectivity index (χ4n) is 1.92. The largest absolute Gasteiger partial charge is 0.345 e. The molecule has 0 heterocycles. The fourth-order valence-corrected chi connectivity index (χ4v) is 2.76. The van der Waals surface area contributed by atoms with E-state index in [-0.39, 0.29) is 10.9 Å². The van der Waals surface area contributed by atoms with Gasteiger partial charge < -0.3 is 5.32 Å². The summed E-state index contributed by atoms with van der Waals surface area (Å²) < 4.78 is 24.2. The zero-order chi connectivity index (χ0) is 17.0. The van der Waals surface area contributed by atoms with Crippen LogP contribution in [0.4, 0.5) is 0 Å². The maximum absolute atomic E-state index is 12.1. The lowest BCUT2D eigenvalue weighted by Gasteiger charge is -2.11. The molecular weight excluding hydrogens is 318 g/mol. The Bertz CT molecular complexity index is 681. The molecule has 2 amide bonds. The Morgan fingerprint density at radius 1 is 1.17 bits per heavy atom. The van der Waals surface area contributed by atoms with Gasteiger partial charge in [-0.15, -0.1) is 4.83 Å². The van der Waals surface area contributed by atoms with Crippen LogP contribution in [0.5, 0.6) is 0 Å². The zero-order valence-electron chi connectivity index (χ0n) is 13.1. The van der Waals surface area contributed by atoms with Crippen LogP contribution in [0.15, 0.2) is 29.2 Å². The predicted octanol–water partition coefficient (Wildman–Crippen LogP) is 0.788. The van der Waals surface area contributed by atoms with Crippen LogP contribution < -0.4 is 15.6 Å². The topological polar surface area (TPSA) is 104 Å². The van der Waals surface area contributed by atoms with Gasteiger partial charge in [-0.05, 0) is 42.9 Å². The summed E-state index contributed by atoms with van der Waals surface area (Å²) in [5, 5.41) is 2.47. The van der Waals surface area contributed by atoms with Crippen LogP contribution in [0.2, 0.25) is 0 Å². The summed E-state index contributed by atoms with van der Waals surface area (Å²) in [6, 6.07) is 6.45. The van der Waals surface area contributed by atoms with Crippen molar-refractivity contribution in [2.75, 3.05) is 0 Å². The number of hydrazine groups is 1. The number of rotatable bonds is 6. The van der Waals surface area contributed by atoms with Crippen molar-refractivity contribution in [2.24, 2.45) is 0 Å². The average Bonchev–Trinajstić information content (AvgIpc) is 3.35. The molecule has 0 spiro atoms. The molecule has 1 saturated carbocycles. The standard InChI is InChI=1S/C15H21N3O4S/c1-3-10(2)11-4-8-13(9-5-11)23(21,22)18-17-15(20)14(19)16-12-6-7-12/h4-5,8-10,12,18H,3,6-7H2,1-2H3,(H,16,19)(H,17,20)/t10-/m1/s1. The Kier molecular flexibility index (Phi) is 5.38. The maximum atomic E-state index is 12.1. The summed E-state index contributed by atoms with van der Waals surface area (Å²) in [4.78, 5) is 24.9. The molecule has 1 atom stereocenters. The van der Waals surface area contributed by atoms with Crippen LogP contribution in [-0.2, 0) is 19.6 Å². The Morgan fingerprint density at radius 3 is 2.30 bits per heavy atom. The van der Waals surface area contributed by atoms with E-state index in [0.29, 0.717) is 5.92 Å². The molecule has 1 aliphatic carbocycles. The lowest BCUT2D eigenvalue weighted by Crippen LogP contribution is -2.48. The molecule has 0 saturated heterocycles. The molecule has 1 aromatic rings. The summed E-state index contributed by atoms with van der Waals surface area (Å²) in [6.45, 7) is 4.11. The van der Waals surface area contributed by atoms with Crippen LogP contribution in [0.3, 0.4) is 0 Å². The van der Waals surface area contributed by atoms with Gasteiger partial charge in [0.05, 0.1) is 4.90 Å². The first-order valence-corrected chi connectivity index (χ1v) is 9.04. The molecule has 126 valence electrons. The summed E-state index contributed by atoms with van der Waals surface area (Å²) >= 11 is 0. The van der Waals surface area contributed by atoms with Crippen molar-refractivity contribution in [3.05, 3.63) is 29.8 Å². The van der Waals surface area contributed by atoms with Crippen molar-refractivity contribution >= 4 is 21.8 Å². The number of hydrogen-bond donors (Lipinski definition) is 3. The highest BCUT2D eigenvalue weighted by Gasteiger charge is 2.27. The lowest BCUT2D eigenvalue weighted by atomic mass is 9.99. The molecule has 0 bridgehead atoms. The van der Waals surface area contributed by atoms with Gasteiger partial charge in [-0.1, -0.05) is 26.0 Å². The van der Waals surface area contributed by atoms with E-state index in [4.69, 9.17) is 0 Å². The Morgan fingerprint density at radius 2 is 1.78 bits per heavy atom. The van der Waals surface area contributed by atoms with Gasteiger partial charge in [-0.2, -0.15) is 0 Å². The molecule has 7 nitrogen and oxygen atoms in total. The van der Waals surface area contributed by atoms with Gasteiger partial charge in [-0.3, -0.25) is 15.0 Å². The number of carbonyl (C=O) groups excluding carboxylic acids is 2. The first kappa shape index (κ1) is 17.4. The highest BCUT2D eigenvalue weighted by atomic mass is 32.2. The number of sulfonamides is 1. The molecule has 0 aromatic heterocycles. The summed E-state index contributed by atoms with van der Waals surface area (Å²) in [5.41, 5.74) is 2.95. The van der Waals surface area contributed by atoms with Gasteiger partial charge >= 0.3 is 11.8 Å². The van der Waals surface area contributed by atoms with Gasteiger partial charge in [0.1, 0.15) is 0 Å². The molecule has 1 aromatic carbocycles. The summed E-state index contributed by atoms with van der Waals surface area (Å²) in [6.07, 6.45) is 2.64. The molecule has 8 heteroatoms. The van der Waals surface area contributed by atoms with Crippen molar-refractivity contribution in [3.8, 4) is 0 Å². The molecule has 23 heavy (non-hydrogen) atoms. The monoisotopic (exact) mass is 339 g/mol. The molecule has 0 aliphatic heterocycles. The molecular formula is C15H21N3O4S. The molecule has 1 fully saturated rings. The molecule has 2 rings (SSSR count). The Labute approximate surface area is 135 Å². The van der Waals surface area contributed by atoms with Crippen LogP contribution >= 0.6 is 0 Å². The normalized spacial score (nSPS) is 15.7. The van der Waals surface area contributed by atoms with Crippen LogP contribution in [0.1, 0.15) is 44.6 Å². The highest BCUT2D eigenvalue weighted by molar-refractivity contribution is 7.89. The minimum atomic E-state index is -3.91. The van der Waals surface area contributed by atoms with E-state index in [1.54, 1.807) is 12.1 Å². The van der Waals surface area contributed by atoms with Crippen molar-refractivity contribution in [1.82, 2.24) is 15.6 Å². The Hall–Kier alpha value is -1.93. The number of amides is 2. The second-order valence-corrected chi connectivity index (χ2v) is 7.37. The zero-order valence-corrected chi connectivity index (χ0v) is 13.9. The first-order valence-electron chi connectivity index (χ1n) is 7.56. The van der Waals surface area contributed by atoms with Gasteiger partial charge in [0.15, 0.2) is 0 Å². The maximum Gasteiger partial charge on any atom is 0.324 e. The second kappa shape index (κ2) is 7.10. The van der Waals surface area contributed by atoms with Crippen molar-refractivity contribution in [2.45, 2.75) is 50.0 Å². The van der Waals surface area contributed by atoms with E-state index in [1.807, 2.05) is 10.3 Å². The van der Waals surface area contributed by atoms with E-state index >= 15 is 0 Å². The summed E-state index contributed by atoms with van der Waals surface area (Å²) in [5.74, 6) is -1.54. The third kappa shape index (κ3) is 4.77. The average molecular weight is 339 g/mol. The fraction of sp³-hybridized carbons (Fsp3) is 0.467. The van der Waals surface area contributed by atoms with E-state index in [9.17, 15) is 18.0 Å². The molecule has 0 radical (unpaired) electrons. The number of hydrogen-bond acceptors (Lipinski definition) is 4. The van der Waals surface area contributed by atoms with Crippen LogP contribution in [0.25, 0.3) is 0 Å². The predicted molar refractivity (Wildman–Crippen MR) is 84.8 cm³/mol. The number of benzene rings is 1. The minimum absolute atomic E-state index is 0.0208. The molecule has 1 aliphatic rings. The van der Waals surface area contributed by atoms with Gasteiger partial charge in [0.25, 0.3) is 10.0 Å². The smallest absolute Gasteiger partial charge is 0.324 e. The first-order chi connectivity index (χ1) is 10.8. The number of carbonyl (C=O) groups is 2. The van der Waals surface area contributed by atoms with E-state index in [0.717, 1.165) is 24.8 Å². The molecule has 3 N–H and O–H groups in total. The van der Waals surface area contributed by atoms with Gasteiger partial charge in [-0.25, -0.2) is 8.42 Å². The van der Waals surface area contributed by atoms with Crippen molar-refractivity contribution < 1.29 is 18.0 Å². The van der Waals surface area contributed by atoms with Crippen molar-refractivity contribution in [3.63, 3.8) is 0 Å². The van der Waals surface area contributed by atoms with E-state index < -0.39 is 21.8 Å². The van der Waals surface area contributed by atoms with Crippen LogP contribution in [-0.4, -0.2) is 26.3 Å². The second-order valence-electron chi connectivity index (χ2n) is 5.69. The lowest BCUT2D eigenvalue weighted by molar-refractivity contribution is -0.139. The third-order valence-electron chi connectivity index (χ3n) is 3.79. The van der Waals surface area contributed by atoms with E-state index in [1.165, 1.54) is 12.1 Å². The minimum Gasteiger partial charge on any atom is -0.345 e. The molecule has 0 unspecified atom stereocenters. The SMILES string of the molecule is CC[C@@H](C)c1ccc(S(=O)(=O)NNC(=O)C(=O)NC2CC2)cc1.